The number of carbonyl (C=O) groups is 1. The van der Waals surface area contributed by atoms with E-state index < -0.39 is 5.25 Å². The van der Waals surface area contributed by atoms with Crippen molar-refractivity contribution in [3.05, 3.63) is 69.5 Å². The smallest absolute Gasteiger partial charge is 0.262 e. The topological polar surface area (TPSA) is 81.2 Å². The highest BCUT2D eigenvalue weighted by Crippen LogP contribution is 2.36. The molecule has 0 spiro atoms. The van der Waals surface area contributed by atoms with Crippen LogP contribution in [-0.2, 0) is 11.3 Å². The van der Waals surface area contributed by atoms with E-state index in [1.54, 1.807) is 22.8 Å². The number of rotatable bonds is 5. The van der Waals surface area contributed by atoms with Gasteiger partial charge in [-0.05, 0) is 43.5 Å². The molecule has 1 amide bonds. The number of nitrogens with zero attached hydrogens (tertiary/aromatic N) is 3. The van der Waals surface area contributed by atoms with Crippen LogP contribution in [0, 0.1) is 0 Å². The number of hydrogen-bond donors (Lipinski definition) is 1. The largest absolute Gasteiger partial charge is 0.341 e. The van der Waals surface area contributed by atoms with Gasteiger partial charge in [0.2, 0.25) is 5.91 Å². The van der Waals surface area contributed by atoms with Crippen molar-refractivity contribution in [1.82, 2.24) is 14.5 Å². The first-order valence-electron chi connectivity index (χ1n) is 10.4. The minimum atomic E-state index is -0.495. The number of aromatic nitrogens is 2. The van der Waals surface area contributed by atoms with Gasteiger partial charge in [-0.1, -0.05) is 53.7 Å². The minimum Gasteiger partial charge on any atom is -0.341 e. The number of likely N-dealkylation sites (tertiary alicyclic amines) is 1. The summed E-state index contributed by atoms with van der Waals surface area (Å²) in [6, 6.07) is 14.9. The summed E-state index contributed by atoms with van der Waals surface area (Å²) in [7, 11) is 0. The molecule has 1 aliphatic heterocycles. The Bertz CT molecular complexity index is 1140. The molecule has 2 heterocycles. The number of amides is 1. The lowest BCUT2D eigenvalue weighted by Gasteiger charge is -2.33. The van der Waals surface area contributed by atoms with Gasteiger partial charge in [0.05, 0.1) is 10.9 Å². The molecule has 1 aromatic heterocycles. The molecular weight excluding hydrogens is 432 g/mol. The maximum Gasteiger partial charge on any atom is 0.262 e. The van der Waals surface area contributed by atoms with E-state index in [1.807, 2.05) is 42.2 Å². The molecule has 1 unspecified atom stereocenters. The van der Waals surface area contributed by atoms with Gasteiger partial charge in [0, 0.05) is 30.7 Å². The van der Waals surface area contributed by atoms with Gasteiger partial charge in [0.25, 0.3) is 5.56 Å². The van der Waals surface area contributed by atoms with Crippen molar-refractivity contribution in [1.29, 1.82) is 0 Å². The lowest BCUT2D eigenvalue weighted by atomic mass is 10.0. The van der Waals surface area contributed by atoms with E-state index in [4.69, 9.17) is 22.3 Å². The van der Waals surface area contributed by atoms with E-state index in [9.17, 15) is 9.59 Å². The molecule has 4 rings (SSSR count). The summed E-state index contributed by atoms with van der Waals surface area (Å²) >= 11 is 7.41. The molecule has 2 aromatic carbocycles. The second kappa shape index (κ2) is 9.42. The fraction of sp³-hybridized carbons (Fsp3) is 0.348. The number of piperidine rings is 1. The highest BCUT2D eigenvalue weighted by Gasteiger charge is 2.30. The third-order valence-corrected chi connectivity index (χ3v) is 7.07. The van der Waals surface area contributed by atoms with Crippen LogP contribution < -0.4 is 11.3 Å². The van der Waals surface area contributed by atoms with E-state index >= 15 is 0 Å². The summed E-state index contributed by atoms with van der Waals surface area (Å²) in [5.41, 5.74) is 7.34. The highest BCUT2D eigenvalue weighted by atomic mass is 35.5. The normalized spacial score (nSPS) is 15.9. The Morgan fingerprint density at radius 1 is 1.23 bits per heavy atom. The summed E-state index contributed by atoms with van der Waals surface area (Å²) in [6.45, 7) is 3.64. The minimum absolute atomic E-state index is 0.0243. The number of hydrogen-bond acceptors (Lipinski definition) is 5. The van der Waals surface area contributed by atoms with Gasteiger partial charge in [-0.15, -0.1) is 0 Å². The van der Waals surface area contributed by atoms with Crippen LogP contribution in [0.3, 0.4) is 0 Å². The molecule has 2 N–H and O–H groups in total. The van der Waals surface area contributed by atoms with Crippen LogP contribution in [0.1, 0.15) is 30.6 Å². The van der Waals surface area contributed by atoms with E-state index in [1.165, 1.54) is 11.8 Å². The van der Waals surface area contributed by atoms with E-state index in [2.05, 4.69) is 0 Å². The number of thioether (sulfide) groups is 1. The third-order valence-electron chi connectivity index (χ3n) is 5.60. The van der Waals surface area contributed by atoms with Crippen LogP contribution in [0.4, 0.5) is 0 Å². The Balaban J connectivity index is 1.75. The molecule has 31 heavy (non-hydrogen) atoms. The Morgan fingerprint density at radius 2 is 1.94 bits per heavy atom. The maximum absolute atomic E-state index is 13.5. The van der Waals surface area contributed by atoms with Crippen LogP contribution in [0.25, 0.3) is 10.9 Å². The van der Waals surface area contributed by atoms with Crippen LogP contribution >= 0.6 is 23.4 Å². The average Bonchev–Trinajstić information content (AvgIpc) is 2.79. The molecule has 3 aromatic rings. The van der Waals surface area contributed by atoms with E-state index in [0.29, 0.717) is 40.7 Å². The number of benzene rings is 2. The molecule has 1 fully saturated rings. The van der Waals surface area contributed by atoms with Crippen LogP contribution in [0.2, 0.25) is 5.02 Å². The Morgan fingerprint density at radius 3 is 2.61 bits per heavy atom. The van der Waals surface area contributed by atoms with E-state index in [0.717, 1.165) is 18.4 Å². The van der Waals surface area contributed by atoms with Crippen LogP contribution in [0.5, 0.6) is 0 Å². The SMILES string of the molecule is CCn1c(SC(C(=O)N2CCC(N)CC2)c2ccccc2)nc2ccc(Cl)cc2c1=O. The van der Waals surface area contributed by atoms with Gasteiger partial charge in [0.1, 0.15) is 5.25 Å². The lowest BCUT2D eigenvalue weighted by molar-refractivity contribution is -0.131. The van der Waals surface area contributed by atoms with Crippen LogP contribution in [-0.4, -0.2) is 39.5 Å². The first kappa shape index (κ1) is 21.9. The first-order valence-corrected chi connectivity index (χ1v) is 11.7. The molecule has 1 atom stereocenters. The molecule has 0 radical (unpaired) electrons. The number of halogens is 1. The van der Waals surface area contributed by atoms with Gasteiger partial charge >= 0.3 is 0 Å². The third kappa shape index (κ3) is 4.63. The van der Waals surface area contributed by atoms with Gasteiger partial charge in [-0.3, -0.25) is 14.2 Å². The molecule has 6 nitrogen and oxygen atoms in total. The lowest BCUT2D eigenvalue weighted by Crippen LogP contribution is -2.44. The molecule has 0 bridgehead atoms. The Kier molecular flexibility index (Phi) is 6.65. The summed E-state index contributed by atoms with van der Waals surface area (Å²) < 4.78 is 1.61. The molecule has 162 valence electrons. The summed E-state index contributed by atoms with van der Waals surface area (Å²) in [5.74, 6) is 0.0243. The van der Waals surface area contributed by atoms with E-state index in [-0.39, 0.29) is 17.5 Å². The van der Waals surface area contributed by atoms with Crippen molar-refractivity contribution in [3.63, 3.8) is 0 Å². The number of fused-ring (bicyclic) bond motifs is 1. The average molecular weight is 457 g/mol. The quantitative estimate of drug-likeness (QED) is 0.465. The molecule has 1 saturated heterocycles. The van der Waals surface area contributed by atoms with Crippen molar-refractivity contribution in [2.24, 2.45) is 5.73 Å². The van der Waals surface area contributed by atoms with Crippen LogP contribution in [0.15, 0.2) is 58.5 Å². The van der Waals surface area contributed by atoms with Gasteiger partial charge < -0.3 is 10.6 Å². The predicted molar refractivity (Wildman–Crippen MR) is 126 cm³/mol. The fourth-order valence-corrected chi connectivity index (χ4v) is 5.24. The molecule has 0 saturated carbocycles. The van der Waals surface area contributed by atoms with Crippen molar-refractivity contribution in [3.8, 4) is 0 Å². The summed E-state index contributed by atoms with van der Waals surface area (Å²) in [6.07, 6.45) is 1.60. The first-order chi connectivity index (χ1) is 15.0. The highest BCUT2D eigenvalue weighted by molar-refractivity contribution is 8.00. The fourth-order valence-electron chi connectivity index (χ4n) is 3.82. The van der Waals surface area contributed by atoms with Gasteiger partial charge in [0.15, 0.2) is 5.16 Å². The molecule has 8 heteroatoms. The molecule has 1 aliphatic rings. The standard InChI is InChI=1S/C23H25ClN4O2S/c1-2-28-21(29)18-14-16(24)8-9-19(18)26-23(28)31-20(15-6-4-3-5-7-15)22(30)27-12-10-17(25)11-13-27/h3-9,14,17,20H,2,10-13,25H2,1H3. The Labute approximate surface area is 190 Å². The second-order valence-electron chi connectivity index (χ2n) is 7.68. The molecular formula is C23H25ClN4O2S. The van der Waals surface area contributed by atoms with Crippen molar-refractivity contribution >= 4 is 40.2 Å². The summed E-state index contributed by atoms with van der Waals surface area (Å²) in [5, 5.41) is 1.00. The maximum atomic E-state index is 13.5. The second-order valence-corrected chi connectivity index (χ2v) is 9.19. The van der Waals surface area contributed by atoms with Crippen molar-refractivity contribution in [2.45, 2.75) is 42.8 Å². The Hall–Kier alpha value is -2.35. The van der Waals surface area contributed by atoms with Gasteiger partial charge in [-0.2, -0.15) is 0 Å². The predicted octanol–water partition coefficient (Wildman–Crippen LogP) is 3.85. The van der Waals surface area contributed by atoms with Crippen molar-refractivity contribution in [2.75, 3.05) is 13.1 Å². The van der Waals surface area contributed by atoms with Crippen molar-refractivity contribution < 1.29 is 4.79 Å². The summed E-state index contributed by atoms with van der Waals surface area (Å²) in [4.78, 5) is 33.2. The zero-order valence-electron chi connectivity index (χ0n) is 17.3. The monoisotopic (exact) mass is 456 g/mol. The van der Waals surface area contributed by atoms with Gasteiger partial charge in [-0.25, -0.2) is 4.98 Å². The zero-order chi connectivity index (χ0) is 22.0. The number of carbonyl (C=O) groups excluding carboxylic acids is 1. The number of nitrogens with two attached hydrogens (primary N) is 1. The molecule has 0 aliphatic carbocycles. The zero-order valence-corrected chi connectivity index (χ0v) is 18.9.